The summed E-state index contributed by atoms with van der Waals surface area (Å²) in [7, 11) is 0. The van der Waals surface area contributed by atoms with E-state index in [1.165, 1.54) is 6.33 Å². The van der Waals surface area contributed by atoms with Gasteiger partial charge in [0.2, 0.25) is 0 Å². The SMILES string of the molecule is S=c1[nH]c(-c2ccc(Cl)cc2)c(-c2ccncn2)[nH]1. The highest BCUT2D eigenvalue weighted by Gasteiger charge is 2.11. The van der Waals surface area contributed by atoms with E-state index in [2.05, 4.69) is 19.9 Å². The van der Waals surface area contributed by atoms with E-state index in [4.69, 9.17) is 23.8 Å². The molecular weight excluding hydrogens is 280 g/mol. The Kier molecular flexibility index (Phi) is 3.15. The third-order valence-corrected chi connectivity index (χ3v) is 3.15. The molecule has 6 heteroatoms. The molecule has 2 N–H and O–H groups in total. The average molecular weight is 289 g/mol. The summed E-state index contributed by atoms with van der Waals surface area (Å²) in [6.07, 6.45) is 3.20. The Bertz CT molecular complexity index is 746. The molecule has 0 bridgehead atoms. The highest BCUT2D eigenvalue weighted by molar-refractivity contribution is 7.71. The summed E-state index contributed by atoms with van der Waals surface area (Å²) in [6, 6.07) is 9.37. The van der Waals surface area contributed by atoms with Gasteiger partial charge in [0.1, 0.15) is 6.33 Å². The van der Waals surface area contributed by atoms with E-state index in [0.29, 0.717) is 9.79 Å². The van der Waals surface area contributed by atoms with Crippen molar-refractivity contribution in [2.75, 3.05) is 0 Å². The lowest BCUT2D eigenvalue weighted by Gasteiger charge is -2.03. The van der Waals surface area contributed by atoms with Crippen molar-refractivity contribution < 1.29 is 0 Å². The van der Waals surface area contributed by atoms with Crippen molar-refractivity contribution in [3.8, 4) is 22.6 Å². The lowest BCUT2D eigenvalue weighted by atomic mass is 10.1. The number of nitrogens with zero attached hydrogens (tertiary/aromatic N) is 2. The zero-order valence-electron chi connectivity index (χ0n) is 9.72. The van der Waals surface area contributed by atoms with Crippen LogP contribution in [0.4, 0.5) is 0 Å². The summed E-state index contributed by atoms with van der Waals surface area (Å²) in [4.78, 5) is 14.4. The highest BCUT2D eigenvalue weighted by atomic mass is 35.5. The van der Waals surface area contributed by atoms with E-state index in [1.807, 2.05) is 30.3 Å². The number of hydrogen-bond acceptors (Lipinski definition) is 3. The number of aromatic nitrogens is 4. The monoisotopic (exact) mass is 288 g/mol. The summed E-state index contributed by atoms with van der Waals surface area (Å²) in [5, 5.41) is 0.696. The number of aromatic amines is 2. The first-order chi connectivity index (χ1) is 9.24. The predicted molar refractivity (Wildman–Crippen MR) is 77.4 cm³/mol. The number of benzene rings is 1. The first-order valence-corrected chi connectivity index (χ1v) is 6.37. The van der Waals surface area contributed by atoms with Gasteiger partial charge >= 0.3 is 0 Å². The van der Waals surface area contributed by atoms with Gasteiger partial charge in [-0.05, 0) is 30.4 Å². The normalized spacial score (nSPS) is 10.6. The molecule has 2 heterocycles. The Morgan fingerprint density at radius 3 is 2.42 bits per heavy atom. The fraction of sp³-hybridized carbons (Fsp3) is 0. The third-order valence-electron chi connectivity index (χ3n) is 2.70. The Balaban J connectivity index is 2.17. The first kappa shape index (κ1) is 12.1. The molecule has 0 aliphatic rings. The number of H-pyrrole nitrogens is 2. The van der Waals surface area contributed by atoms with Crippen LogP contribution in [0, 0.1) is 4.77 Å². The van der Waals surface area contributed by atoms with Crippen LogP contribution in [0.5, 0.6) is 0 Å². The van der Waals surface area contributed by atoms with Crippen LogP contribution >= 0.6 is 23.8 Å². The maximum absolute atomic E-state index is 5.90. The van der Waals surface area contributed by atoms with Crippen molar-refractivity contribution >= 4 is 23.8 Å². The molecule has 19 heavy (non-hydrogen) atoms. The molecule has 0 unspecified atom stereocenters. The Labute approximate surface area is 119 Å². The molecule has 0 saturated heterocycles. The molecule has 0 spiro atoms. The summed E-state index contributed by atoms with van der Waals surface area (Å²) in [6.45, 7) is 0. The maximum atomic E-state index is 5.90. The standard InChI is InChI=1S/C13H9ClN4S/c14-9-3-1-8(2-4-9)11-12(18-13(19)17-11)10-5-6-15-7-16-10/h1-7H,(H2,17,18,19). The van der Waals surface area contributed by atoms with E-state index < -0.39 is 0 Å². The first-order valence-electron chi connectivity index (χ1n) is 5.58. The summed E-state index contributed by atoms with van der Waals surface area (Å²) < 4.78 is 0.554. The quantitative estimate of drug-likeness (QED) is 0.704. The minimum atomic E-state index is 0.554. The largest absolute Gasteiger partial charge is 0.330 e. The molecule has 1 aromatic carbocycles. The van der Waals surface area contributed by atoms with Gasteiger partial charge in [0, 0.05) is 16.8 Å². The zero-order valence-corrected chi connectivity index (χ0v) is 11.3. The van der Waals surface area contributed by atoms with Crippen LogP contribution in [0.1, 0.15) is 0 Å². The molecule has 0 atom stereocenters. The molecule has 94 valence electrons. The van der Waals surface area contributed by atoms with Crippen LogP contribution in [-0.2, 0) is 0 Å². The van der Waals surface area contributed by atoms with E-state index >= 15 is 0 Å². The molecule has 4 nitrogen and oxygen atoms in total. The van der Waals surface area contributed by atoms with E-state index in [-0.39, 0.29) is 0 Å². The van der Waals surface area contributed by atoms with E-state index in [1.54, 1.807) is 6.20 Å². The van der Waals surface area contributed by atoms with Crippen molar-refractivity contribution in [3.63, 3.8) is 0 Å². The molecule has 2 aromatic heterocycles. The molecule has 0 aliphatic heterocycles. The Morgan fingerprint density at radius 1 is 1.00 bits per heavy atom. The summed E-state index contributed by atoms with van der Waals surface area (Å²) in [5.41, 5.74) is 3.51. The van der Waals surface area contributed by atoms with Gasteiger partial charge in [0.25, 0.3) is 0 Å². The van der Waals surface area contributed by atoms with E-state index in [0.717, 1.165) is 22.6 Å². The summed E-state index contributed by atoms with van der Waals surface area (Å²) in [5.74, 6) is 0. The molecular formula is C13H9ClN4S. The second-order valence-corrected chi connectivity index (χ2v) is 4.78. The van der Waals surface area contributed by atoms with Gasteiger partial charge in [-0.3, -0.25) is 0 Å². The van der Waals surface area contributed by atoms with Crippen LogP contribution in [-0.4, -0.2) is 19.9 Å². The molecule has 3 aromatic rings. The molecule has 0 radical (unpaired) electrons. The van der Waals surface area contributed by atoms with Crippen molar-refractivity contribution in [2.45, 2.75) is 0 Å². The topological polar surface area (TPSA) is 57.4 Å². The summed E-state index contributed by atoms with van der Waals surface area (Å²) >= 11 is 11.1. The minimum Gasteiger partial charge on any atom is -0.330 e. The molecule has 0 saturated carbocycles. The fourth-order valence-electron chi connectivity index (χ4n) is 1.85. The second kappa shape index (κ2) is 4.95. The zero-order chi connectivity index (χ0) is 13.2. The van der Waals surface area contributed by atoms with Crippen LogP contribution in [0.3, 0.4) is 0 Å². The molecule has 0 amide bonds. The second-order valence-electron chi connectivity index (χ2n) is 3.93. The van der Waals surface area contributed by atoms with Crippen molar-refractivity contribution in [2.24, 2.45) is 0 Å². The van der Waals surface area contributed by atoms with Gasteiger partial charge in [0.05, 0.1) is 17.1 Å². The van der Waals surface area contributed by atoms with Gasteiger partial charge in [-0.1, -0.05) is 23.7 Å². The molecule has 0 fully saturated rings. The Morgan fingerprint density at radius 2 is 1.74 bits per heavy atom. The van der Waals surface area contributed by atoms with Gasteiger partial charge in [0.15, 0.2) is 4.77 Å². The smallest absolute Gasteiger partial charge is 0.175 e. The van der Waals surface area contributed by atoms with Crippen LogP contribution in [0.2, 0.25) is 5.02 Å². The van der Waals surface area contributed by atoms with Gasteiger partial charge < -0.3 is 9.97 Å². The van der Waals surface area contributed by atoms with Crippen LogP contribution in [0.15, 0.2) is 42.9 Å². The van der Waals surface area contributed by atoms with Crippen LogP contribution in [0.25, 0.3) is 22.6 Å². The van der Waals surface area contributed by atoms with Crippen molar-refractivity contribution in [3.05, 3.63) is 52.6 Å². The number of rotatable bonds is 2. The van der Waals surface area contributed by atoms with Gasteiger partial charge in [-0.2, -0.15) is 0 Å². The molecule has 3 rings (SSSR count). The number of imidazole rings is 1. The average Bonchev–Trinajstić information content (AvgIpc) is 2.83. The highest BCUT2D eigenvalue weighted by Crippen LogP contribution is 2.28. The fourth-order valence-corrected chi connectivity index (χ4v) is 2.18. The number of halogens is 1. The van der Waals surface area contributed by atoms with Gasteiger partial charge in [-0.25, -0.2) is 9.97 Å². The van der Waals surface area contributed by atoms with Crippen LogP contribution < -0.4 is 0 Å². The minimum absolute atomic E-state index is 0.554. The van der Waals surface area contributed by atoms with Gasteiger partial charge in [-0.15, -0.1) is 0 Å². The molecule has 0 aliphatic carbocycles. The number of hydrogen-bond donors (Lipinski definition) is 2. The lowest BCUT2D eigenvalue weighted by Crippen LogP contribution is -1.87. The Hall–Kier alpha value is -1.98. The lowest BCUT2D eigenvalue weighted by molar-refractivity contribution is 1.16. The van der Waals surface area contributed by atoms with E-state index in [9.17, 15) is 0 Å². The van der Waals surface area contributed by atoms with Crippen molar-refractivity contribution in [1.29, 1.82) is 0 Å². The predicted octanol–water partition coefficient (Wildman–Crippen LogP) is 3.85. The third kappa shape index (κ3) is 2.43. The maximum Gasteiger partial charge on any atom is 0.175 e. The van der Waals surface area contributed by atoms with Crippen molar-refractivity contribution in [1.82, 2.24) is 19.9 Å². The number of nitrogens with one attached hydrogen (secondary N) is 2.